The predicted molar refractivity (Wildman–Crippen MR) is 59.1 cm³/mol. The Morgan fingerprint density at radius 3 is 2.50 bits per heavy atom. The molecule has 0 radical (unpaired) electrons. The number of hydrogen-bond donors (Lipinski definition) is 1. The summed E-state index contributed by atoms with van der Waals surface area (Å²) in [4.78, 5) is 3.62. The van der Waals surface area contributed by atoms with E-state index in [0.29, 0.717) is 25.2 Å². The van der Waals surface area contributed by atoms with Crippen molar-refractivity contribution in [2.24, 2.45) is 0 Å². The maximum atomic E-state index is 12.3. The molecule has 1 aliphatic rings. The lowest BCUT2D eigenvalue weighted by Crippen LogP contribution is -2.25. The molecule has 0 aromatic carbocycles. The van der Waals surface area contributed by atoms with Crippen molar-refractivity contribution in [1.29, 1.82) is 0 Å². The summed E-state index contributed by atoms with van der Waals surface area (Å²) in [5, 5.41) is 3.08. The third kappa shape index (κ3) is 3.23. The van der Waals surface area contributed by atoms with E-state index < -0.39 is 11.9 Å². The van der Waals surface area contributed by atoms with E-state index in [1.807, 2.05) is 0 Å². The van der Waals surface area contributed by atoms with E-state index in [9.17, 15) is 13.2 Å². The first-order chi connectivity index (χ1) is 6.57. The molecule has 0 fully saturated rings. The Kier molecular flexibility index (Phi) is 5.52. The van der Waals surface area contributed by atoms with Gasteiger partial charge in [-0.25, -0.2) is 4.98 Å². The number of rotatable bonds is 0. The fourth-order valence-electron chi connectivity index (χ4n) is 1.50. The van der Waals surface area contributed by atoms with Crippen molar-refractivity contribution in [3.8, 4) is 0 Å². The molecule has 2 nitrogen and oxygen atoms in total. The van der Waals surface area contributed by atoms with Crippen LogP contribution in [0.25, 0.3) is 0 Å². The van der Waals surface area contributed by atoms with Crippen molar-refractivity contribution >= 4 is 24.8 Å². The van der Waals surface area contributed by atoms with E-state index in [1.165, 1.54) is 6.07 Å². The van der Waals surface area contributed by atoms with Crippen molar-refractivity contribution in [2.75, 3.05) is 6.54 Å². The Bertz CT molecular complexity index is 355. The SMILES string of the molecule is Cl.Cl.FC(F)(F)c1ccc2c(n1)CCNC2. The van der Waals surface area contributed by atoms with Crippen molar-refractivity contribution in [3.63, 3.8) is 0 Å². The zero-order valence-electron chi connectivity index (χ0n) is 8.17. The molecule has 16 heavy (non-hydrogen) atoms. The summed E-state index contributed by atoms with van der Waals surface area (Å²) in [6.45, 7) is 1.31. The van der Waals surface area contributed by atoms with Gasteiger partial charge in [0.2, 0.25) is 0 Å². The fraction of sp³-hybridized carbons (Fsp3) is 0.444. The number of aromatic nitrogens is 1. The van der Waals surface area contributed by atoms with Crippen LogP contribution in [0.15, 0.2) is 12.1 Å². The summed E-state index contributed by atoms with van der Waals surface area (Å²) in [6, 6.07) is 2.53. The van der Waals surface area contributed by atoms with Crippen LogP contribution in [0.3, 0.4) is 0 Å². The van der Waals surface area contributed by atoms with Crippen LogP contribution < -0.4 is 5.32 Å². The van der Waals surface area contributed by atoms with E-state index >= 15 is 0 Å². The molecule has 0 spiro atoms. The van der Waals surface area contributed by atoms with E-state index in [0.717, 1.165) is 11.6 Å². The topological polar surface area (TPSA) is 24.9 Å². The van der Waals surface area contributed by atoms with Crippen LogP contribution >= 0.6 is 24.8 Å². The molecular weight excluding hydrogens is 264 g/mol. The Morgan fingerprint density at radius 1 is 1.19 bits per heavy atom. The number of pyridine rings is 1. The molecule has 0 saturated carbocycles. The van der Waals surface area contributed by atoms with Crippen LogP contribution in [0.4, 0.5) is 13.2 Å². The lowest BCUT2D eigenvalue weighted by atomic mass is 10.1. The summed E-state index contributed by atoms with van der Waals surface area (Å²) < 4.78 is 36.8. The zero-order chi connectivity index (χ0) is 10.2. The number of halogens is 5. The zero-order valence-corrected chi connectivity index (χ0v) is 9.81. The minimum atomic E-state index is -4.33. The number of nitrogens with zero attached hydrogens (tertiary/aromatic N) is 1. The Balaban J connectivity index is 0.00000112. The first-order valence-electron chi connectivity index (χ1n) is 4.34. The average Bonchev–Trinajstić information content (AvgIpc) is 2.16. The van der Waals surface area contributed by atoms with Gasteiger partial charge in [-0.3, -0.25) is 0 Å². The van der Waals surface area contributed by atoms with E-state index in [2.05, 4.69) is 10.3 Å². The monoisotopic (exact) mass is 274 g/mol. The van der Waals surface area contributed by atoms with Gasteiger partial charge in [-0.2, -0.15) is 13.2 Å². The highest BCUT2D eigenvalue weighted by Gasteiger charge is 2.33. The van der Waals surface area contributed by atoms with Crippen LogP contribution in [0, 0.1) is 0 Å². The van der Waals surface area contributed by atoms with Crippen molar-refractivity contribution < 1.29 is 13.2 Å². The molecule has 0 aliphatic carbocycles. The summed E-state index contributed by atoms with van der Waals surface area (Å²) in [6.07, 6.45) is -3.76. The van der Waals surface area contributed by atoms with Crippen molar-refractivity contribution in [3.05, 3.63) is 29.1 Å². The molecular formula is C9H11Cl2F3N2. The molecule has 2 heterocycles. The Labute approximate surface area is 103 Å². The van der Waals surface area contributed by atoms with E-state index in [1.54, 1.807) is 0 Å². The van der Waals surface area contributed by atoms with Crippen LogP contribution in [0.2, 0.25) is 0 Å². The molecule has 0 amide bonds. The molecule has 1 aromatic heterocycles. The Morgan fingerprint density at radius 2 is 1.88 bits per heavy atom. The minimum Gasteiger partial charge on any atom is -0.312 e. The third-order valence-corrected chi connectivity index (χ3v) is 2.21. The quantitative estimate of drug-likeness (QED) is 0.787. The minimum absolute atomic E-state index is 0. The smallest absolute Gasteiger partial charge is 0.312 e. The van der Waals surface area contributed by atoms with Gasteiger partial charge in [-0.1, -0.05) is 6.07 Å². The second-order valence-electron chi connectivity index (χ2n) is 3.23. The number of hydrogen-bond acceptors (Lipinski definition) is 2. The van der Waals surface area contributed by atoms with Crippen molar-refractivity contribution in [1.82, 2.24) is 10.3 Å². The van der Waals surface area contributed by atoms with Crippen LogP contribution in [0.1, 0.15) is 17.0 Å². The maximum Gasteiger partial charge on any atom is 0.433 e. The van der Waals surface area contributed by atoms with Gasteiger partial charge in [0.1, 0.15) is 5.69 Å². The Hall–Kier alpha value is -0.520. The highest BCUT2D eigenvalue weighted by molar-refractivity contribution is 5.85. The first kappa shape index (κ1) is 15.5. The van der Waals surface area contributed by atoms with Crippen molar-refractivity contribution in [2.45, 2.75) is 19.1 Å². The predicted octanol–water partition coefficient (Wildman–Crippen LogP) is 2.59. The molecule has 0 unspecified atom stereocenters. The van der Waals surface area contributed by atoms with Gasteiger partial charge in [0.15, 0.2) is 0 Å². The molecule has 0 atom stereocenters. The highest BCUT2D eigenvalue weighted by Crippen LogP contribution is 2.28. The normalized spacial score (nSPS) is 14.4. The van der Waals surface area contributed by atoms with Gasteiger partial charge in [-0.15, -0.1) is 24.8 Å². The molecule has 0 bridgehead atoms. The summed E-state index contributed by atoms with van der Waals surface area (Å²) in [5.74, 6) is 0. The van der Waals surface area contributed by atoms with E-state index in [4.69, 9.17) is 0 Å². The van der Waals surface area contributed by atoms with Gasteiger partial charge in [-0.05, 0) is 11.6 Å². The maximum absolute atomic E-state index is 12.3. The molecule has 0 saturated heterocycles. The second kappa shape index (κ2) is 5.70. The lowest BCUT2D eigenvalue weighted by molar-refractivity contribution is -0.141. The van der Waals surface area contributed by atoms with E-state index in [-0.39, 0.29) is 24.8 Å². The summed E-state index contributed by atoms with van der Waals surface area (Å²) >= 11 is 0. The second-order valence-corrected chi connectivity index (χ2v) is 3.23. The molecule has 2 rings (SSSR count). The van der Waals surface area contributed by atoms with Gasteiger partial charge in [0.25, 0.3) is 0 Å². The van der Waals surface area contributed by atoms with Gasteiger partial charge < -0.3 is 5.32 Å². The first-order valence-corrected chi connectivity index (χ1v) is 4.34. The number of fused-ring (bicyclic) bond motifs is 1. The molecule has 1 aromatic rings. The van der Waals surface area contributed by atoms with Crippen LogP contribution in [-0.2, 0) is 19.1 Å². The largest absolute Gasteiger partial charge is 0.433 e. The van der Waals surface area contributed by atoms with Gasteiger partial charge in [0, 0.05) is 25.2 Å². The lowest BCUT2D eigenvalue weighted by Gasteiger charge is -2.17. The summed E-state index contributed by atoms with van der Waals surface area (Å²) in [5.41, 5.74) is 0.640. The molecule has 92 valence electrons. The summed E-state index contributed by atoms with van der Waals surface area (Å²) in [7, 11) is 0. The van der Waals surface area contributed by atoms with Gasteiger partial charge in [0.05, 0.1) is 0 Å². The number of alkyl halides is 3. The fourth-order valence-corrected chi connectivity index (χ4v) is 1.50. The van der Waals surface area contributed by atoms with Gasteiger partial charge >= 0.3 is 6.18 Å². The molecule has 7 heteroatoms. The third-order valence-electron chi connectivity index (χ3n) is 2.21. The van der Waals surface area contributed by atoms with Crippen LogP contribution in [-0.4, -0.2) is 11.5 Å². The molecule has 1 N–H and O–H groups in total. The highest BCUT2D eigenvalue weighted by atomic mass is 35.5. The standard InChI is InChI=1S/C9H9F3N2.2ClH/c10-9(11,12)8-2-1-6-5-13-4-3-7(6)14-8;;/h1-2,13H,3-5H2;2*1H. The van der Waals surface area contributed by atoms with Crippen LogP contribution in [0.5, 0.6) is 0 Å². The molecule has 1 aliphatic heterocycles. The number of nitrogens with one attached hydrogen (secondary N) is 1. The average molecular weight is 275 g/mol.